The number of benzene rings is 1. The molecular weight excluding hydrogens is 240 g/mol. The number of morpholine rings is 1. The zero-order valence-electron chi connectivity index (χ0n) is 11.5. The molecule has 0 aliphatic carbocycles. The molecule has 104 valence electrons. The molecule has 19 heavy (non-hydrogen) atoms. The first-order chi connectivity index (χ1) is 9.38. The van der Waals surface area contributed by atoms with E-state index < -0.39 is 0 Å². The minimum atomic E-state index is 0.870. The first-order valence-electron chi connectivity index (χ1n) is 6.82. The molecule has 1 aromatic carbocycles. The number of nitrogens with zero attached hydrogens (tertiary/aromatic N) is 2. The van der Waals surface area contributed by atoms with Gasteiger partial charge in [-0.2, -0.15) is 0 Å². The van der Waals surface area contributed by atoms with Crippen molar-refractivity contribution in [1.29, 1.82) is 0 Å². The molecular formula is C15H22N2O2. The molecule has 0 spiro atoms. The smallest absolute Gasteiger partial charge is 0.118 e. The lowest BCUT2D eigenvalue weighted by Gasteiger charge is -2.26. The molecule has 1 aliphatic heterocycles. The lowest BCUT2D eigenvalue weighted by atomic mass is 10.2. The highest BCUT2D eigenvalue weighted by molar-refractivity contribution is 5.79. The van der Waals surface area contributed by atoms with Gasteiger partial charge in [0.05, 0.1) is 20.3 Å². The van der Waals surface area contributed by atoms with Gasteiger partial charge in [-0.15, -0.1) is 0 Å². The summed E-state index contributed by atoms with van der Waals surface area (Å²) in [6.45, 7) is 5.85. The predicted octanol–water partition coefficient (Wildman–Crippen LogP) is 1.84. The van der Waals surface area contributed by atoms with Gasteiger partial charge in [-0.1, -0.05) is 0 Å². The fraction of sp³-hybridized carbons (Fsp3) is 0.533. The van der Waals surface area contributed by atoms with Crippen LogP contribution < -0.4 is 4.74 Å². The Labute approximate surface area is 115 Å². The van der Waals surface area contributed by atoms with Crippen LogP contribution in [0.5, 0.6) is 5.75 Å². The van der Waals surface area contributed by atoms with Crippen molar-refractivity contribution in [2.75, 3.05) is 46.5 Å². The summed E-state index contributed by atoms with van der Waals surface area (Å²) in [4.78, 5) is 6.89. The molecule has 0 saturated carbocycles. The first kappa shape index (κ1) is 14.0. The van der Waals surface area contributed by atoms with Gasteiger partial charge in [0, 0.05) is 32.4 Å². The monoisotopic (exact) mass is 262 g/mol. The van der Waals surface area contributed by atoms with Crippen molar-refractivity contribution < 1.29 is 9.47 Å². The summed E-state index contributed by atoms with van der Waals surface area (Å²) in [7, 11) is 1.68. The van der Waals surface area contributed by atoms with Crippen molar-refractivity contribution in [3.63, 3.8) is 0 Å². The van der Waals surface area contributed by atoms with Gasteiger partial charge in [-0.05, 0) is 36.2 Å². The number of aliphatic imine (C=N–C) groups is 1. The fourth-order valence-electron chi connectivity index (χ4n) is 2.07. The summed E-state index contributed by atoms with van der Waals surface area (Å²) >= 11 is 0. The van der Waals surface area contributed by atoms with Crippen molar-refractivity contribution in [2.24, 2.45) is 4.99 Å². The Morgan fingerprint density at radius 1 is 1.26 bits per heavy atom. The molecule has 0 unspecified atom stereocenters. The van der Waals surface area contributed by atoms with E-state index >= 15 is 0 Å². The maximum Gasteiger partial charge on any atom is 0.118 e. The number of hydrogen-bond acceptors (Lipinski definition) is 4. The van der Waals surface area contributed by atoms with Crippen LogP contribution in [0.25, 0.3) is 0 Å². The van der Waals surface area contributed by atoms with E-state index in [0.717, 1.165) is 57.1 Å². The molecule has 0 aromatic heterocycles. The Bertz CT molecular complexity index is 384. The number of methoxy groups -OCH3 is 1. The molecule has 1 aliphatic rings. The normalized spacial score (nSPS) is 16.9. The van der Waals surface area contributed by atoms with Crippen molar-refractivity contribution >= 4 is 6.21 Å². The van der Waals surface area contributed by atoms with E-state index in [1.54, 1.807) is 7.11 Å². The van der Waals surface area contributed by atoms with Gasteiger partial charge >= 0.3 is 0 Å². The molecule has 1 fully saturated rings. The van der Waals surface area contributed by atoms with Crippen molar-refractivity contribution in [3.05, 3.63) is 29.8 Å². The minimum absolute atomic E-state index is 0.870. The Balaban J connectivity index is 1.65. The maximum absolute atomic E-state index is 5.32. The molecule has 1 heterocycles. The van der Waals surface area contributed by atoms with Crippen LogP contribution in [-0.2, 0) is 4.74 Å². The Hall–Kier alpha value is -1.39. The van der Waals surface area contributed by atoms with Gasteiger partial charge < -0.3 is 9.47 Å². The van der Waals surface area contributed by atoms with Crippen molar-refractivity contribution in [2.45, 2.75) is 6.42 Å². The fourth-order valence-corrected chi connectivity index (χ4v) is 2.07. The van der Waals surface area contributed by atoms with Crippen molar-refractivity contribution in [3.8, 4) is 5.75 Å². The largest absolute Gasteiger partial charge is 0.497 e. The number of rotatable bonds is 6. The molecule has 0 bridgehead atoms. The second-order valence-electron chi connectivity index (χ2n) is 4.62. The van der Waals surface area contributed by atoms with Crippen LogP contribution in [0.1, 0.15) is 12.0 Å². The molecule has 0 amide bonds. The van der Waals surface area contributed by atoms with Crippen LogP contribution in [0.15, 0.2) is 29.3 Å². The zero-order chi connectivity index (χ0) is 13.3. The molecule has 0 N–H and O–H groups in total. The highest BCUT2D eigenvalue weighted by atomic mass is 16.5. The summed E-state index contributed by atoms with van der Waals surface area (Å²) < 4.78 is 10.4. The SMILES string of the molecule is COc1ccc(C=NCCCN2CCOCC2)cc1. The minimum Gasteiger partial charge on any atom is -0.497 e. The molecule has 2 rings (SSSR count). The van der Waals surface area contributed by atoms with E-state index in [1.165, 1.54) is 0 Å². The summed E-state index contributed by atoms with van der Waals surface area (Å²) in [6.07, 6.45) is 3.03. The second-order valence-corrected chi connectivity index (χ2v) is 4.62. The average molecular weight is 262 g/mol. The maximum atomic E-state index is 5.32. The van der Waals surface area contributed by atoms with Gasteiger partial charge in [-0.3, -0.25) is 9.89 Å². The standard InChI is InChI=1S/C15H22N2O2/c1-18-15-5-3-14(4-6-15)13-16-7-2-8-17-9-11-19-12-10-17/h3-6,13H,2,7-12H2,1H3. The van der Waals surface area contributed by atoms with Crippen LogP contribution in [-0.4, -0.2) is 57.6 Å². The van der Waals surface area contributed by atoms with Gasteiger partial charge in [-0.25, -0.2) is 0 Å². The van der Waals surface area contributed by atoms with Crippen LogP contribution >= 0.6 is 0 Å². The van der Waals surface area contributed by atoms with Gasteiger partial charge in [0.1, 0.15) is 5.75 Å². The van der Waals surface area contributed by atoms with E-state index in [-0.39, 0.29) is 0 Å². The topological polar surface area (TPSA) is 34.1 Å². The quantitative estimate of drug-likeness (QED) is 0.579. The Kier molecular flexibility index (Phi) is 5.85. The molecule has 0 radical (unpaired) electrons. The van der Waals surface area contributed by atoms with Crippen LogP contribution in [0, 0.1) is 0 Å². The molecule has 4 nitrogen and oxygen atoms in total. The van der Waals surface area contributed by atoms with Crippen LogP contribution in [0.2, 0.25) is 0 Å². The Morgan fingerprint density at radius 2 is 2.00 bits per heavy atom. The lowest BCUT2D eigenvalue weighted by molar-refractivity contribution is 0.0377. The summed E-state index contributed by atoms with van der Waals surface area (Å²) in [5.74, 6) is 0.879. The average Bonchev–Trinajstić information content (AvgIpc) is 2.49. The second kappa shape index (κ2) is 7.92. The van der Waals surface area contributed by atoms with E-state index in [0.29, 0.717) is 0 Å². The highest BCUT2D eigenvalue weighted by Gasteiger charge is 2.08. The Morgan fingerprint density at radius 3 is 2.68 bits per heavy atom. The molecule has 0 atom stereocenters. The number of ether oxygens (including phenoxy) is 2. The zero-order valence-corrected chi connectivity index (χ0v) is 11.5. The third kappa shape index (κ3) is 5.01. The third-order valence-corrected chi connectivity index (χ3v) is 3.22. The summed E-state index contributed by atoms with van der Waals surface area (Å²) in [5, 5.41) is 0. The van der Waals surface area contributed by atoms with E-state index in [1.807, 2.05) is 30.5 Å². The van der Waals surface area contributed by atoms with E-state index in [4.69, 9.17) is 9.47 Å². The summed E-state index contributed by atoms with van der Waals surface area (Å²) in [5.41, 5.74) is 1.12. The highest BCUT2D eigenvalue weighted by Crippen LogP contribution is 2.09. The summed E-state index contributed by atoms with van der Waals surface area (Å²) in [6, 6.07) is 7.94. The van der Waals surface area contributed by atoms with E-state index in [9.17, 15) is 0 Å². The van der Waals surface area contributed by atoms with E-state index in [2.05, 4.69) is 9.89 Å². The number of hydrogen-bond donors (Lipinski definition) is 0. The van der Waals surface area contributed by atoms with Crippen LogP contribution in [0.4, 0.5) is 0 Å². The molecule has 1 saturated heterocycles. The van der Waals surface area contributed by atoms with Crippen molar-refractivity contribution in [1.82, 2.24) is 4.90 Å². The van der Waals surface area contributed by atoms with Gasteiger partial charge in [0.25, 0.3) is 0 Å². The first-order valence-corrected chi connectivity index (χ1v) is 6.82. The molecule has 1 aromatic rings. The van der Waals surface area contributed by atoms with Gasteiger partial charge in [0.2, 0.25) is 0 Å². The predicted molar refractivity (Wildman–Crippen MR) is 77.3 cm³/mol. The third-order valence-electron chi connectivity index (χ3n) is 3.22. The molecule has 4 heteroatoms. The lowest BCUT2D eigenvalue weighted by Crippen LogP contribution is -2.37. The van der Waals surface area contributed by atoms with Crippen LogP contribution in [0.3, 0.4) is 0 Å². The van der Waals surface area contributed by atoms with Gasteiger partial charge in [0.15, 0.2) is 0 Å².